The quantitative estimate of drug-likeness (QED) is 0.368. The molecule has 1 aromatic heterocycles. The minimum atomic E-state index is -0.250. The number of nitrogens with zero attached hydrogens (tertiary/aromatic N) is 2. The molecule has 5 nitrogen and oxygen atoms in total. The molecule has 1 aliphatic carbocycles. The summed E-state index contributed by atoms with van der Waals surface area (Å²) in [6, 6.07) is 6.96. The summed E-state index contributed by atoms with van der Waals surface area (Å²) >= 11 is 6.55. The lowest BCUT2D eigenvalue weighted by Crippen LogP contribution is -2.21. The SMILES string of the molecule is CC=O.CCCN(C)c1ccc(CN(C)S)c(-c2sc3c(c2C)CC(C)(C)CC3)c1.O=CO. The van der Waals surface area contributed by atoms with Crippen LogP contribution in [0.25, 0.3) is 10.4 Å². The van der Waals surface area contributed by atoms with E-state index in [2.05, 4.69) is 70.7 Å². The van der Waals surface area contributed by atoms with Gasteiger partial charge in [0.1, 0.15) is 6.29 Å². The standard InChI is InChI=1S/C23H34N2S2.C2H4O.CH2O2/c1-7-12-24(5)18-9-8-17(15-25(6)26)19(13-18)22-16(2)20-14-23(3,4)11-10-21(20)27-22;1-2-3;2-1-3/h8-9,13,26H,7,10-12,14-15H2,1-6H3;2H,1H3;1H,(H,2,3). The number of aldehydes is 1. The Morgan fingerprint density at radius 3 is 2.39 bits per heavy atom. The fourth-order valence-corrected chi connectivity index (χ4v) is 5.71. The Balaban J connectivity index is 0.000000819. The van der Waals surface area contributed by atoms with Crippen LogP contribution in [0.15, 0.2) is 18.2 Å². The molecule has 1 heterocycles. The maximum atomic E-state index is 8.81. The molecular weight excluding hydrogens is 452 g/mol. The Hall–Kier alpha value is -1.83. The van der Waals surface area contributed by atoms with Gasteiger partial charge in [-0.05, 0) is 86.4 Å². The van der Waals surface area contributed by atoms with Gasteiger partial charge in [0.25, 0.3) is 6.47 Å². The maximum Gasteiger partial charge on any atom is 0.290 e. The highest BCUT2D eigenvalue weighted by Crippen LogP contribution is 2.46. The van der Waals surface area contributed by atoms with Crippen LogP contribution in [0.4, 0.5) is 5.69 Å². The fraction of sp³-hybridized carbons (Fsp3) is 0.538. The van der Waals surface area contributed by atoms with Gasteiger partial charge < -0.3 is 14.8 Å². The number of fused-ring (bicyclic) bond motifs is 1. The molecule has 0 aliphatic heterocycles. The number of benzene rings is 1. The summed E-state index contributed by atoms with van der Waals surface area (Å²) in [5.74, 6) is 0. The molecule has 2 aromatic rings. The van der Waals surface area contributed by atoms with E-state index in [9.17, 15) is 0 Å². The molecule has 3 rings (SSSR count). The molecule has 0 saturated heterocycles. The number of thiophene rings is 1. The highest BCUT2D eigenvalue weighted by Gasteiger charge is 2.29. The van der Waals surface area contributed by atoms with Crippen LogP contribution in [-0.4, -0.2) is 42.8 Å². The summed E-state index contributed by atoms with van der Waals surface area (Å²) in [7, 11) is 4.22. The number of rotatable bonds is 6. The van der Waals surface area contributed by atoms with Crippen molar-refractivity contribution in [2.24, 2.45) is 5.41 Å². The second-order valence-electron chi connectivity index (χ2n) is 9.22. The van der Waals surface area contributed by atoms with E-state index in [0.29, 0.717) is 5.41 Å². The van der Waals surface area contributed by atoms with Gasteiger partial charge in [0.2, 0.25) is 0 Å². The van der Waals surface area contributed by atoms with Crippen LogP contribution in [0.5, 0.6) is 0 Å². The van der Waals surface area contributed by atoms with Crippen molar-refractivity contribution in [1.82, 2.24) is 4.31 Å². The van der Waals surface area contributed by atoms with E-state index < -0.39 is 0 Å². The van der Waals surface area contributed by atoms with Crippen LogP contribution in [0.2, 0.25) is 0 Å². The molecule has 1 aliphatic rings. The predicted octanol–water partition coefficient (Wildman–Crippen LogP) is 6.27. The van der Waals surface area contributed by atoms with E-state index in [0.717, 1.165) is 25.8 Å². The van der Waals surface area contributed by atoms with Gasteiger partial charge in [-0.1, -0.05) is 39.7 Å². The van der Waals surface area contributed by atoms with Crippen molar-refractivity contribution in [1.29, 1.82) is 0 Å². The molecule has 1 aromatic carbocycles. The lowest BCUT2D eigenvalue weighted by Gasteiger charge is -2.29. The average Bonchev–Trinajstić information content (AvgIpc) is 3.04. The van der Waals surface area contributed by atoms with Crippen LogP contribution in [0.3, 0.4) is 0 Å². The smallest absolute Gasteiger partial charge is 0.290 e. The van der Waals surface area contributed by atoms with Gasteiger partial charge >= 0.3 is 0 Å². The first-order chi connectivity index (χ1) is 15.5. The molecule has 0 spiro atoms. The Labute approximate surface area is 209 Å². The van der Waals surface area contributed by atoms with Crippen molar-refractivity contribution in [3.63, 3.8) is 0 Å². The minimum Gasteiger partial charge on any atom is -0.483 e. The van der Waals surface area contributed by atoms with Gasteiger partial charge in [-0.2, -0.15) is 0 Å². The summed E-state index contributed by atoms with van der Waals surface area (Å²) in [6.07, 6.45) is 5.65. The van der Waals surface area contributed by atoms with Crippen LogP contribution in [0, 0.1) is 12.3 Å². The zero-order valence-electron chi connectivity index (χ0n) is 21.1. The number of hydrogen-bond donors (Lipinski definition) is 2. The molecule has 0 radical (unpaired) electrons. The number of carbonyl (C=O) groups excluding carboxylic acids is 1. The van der Waals surface area contributed by atoms with E-state index in [1.54, 1.807) is 10.4 Å². The van der Waals surface area contributed by atoms with Crippen molar-refractivity contribution in [3.8, 4) is 10.4 Å². The summed E-state index contributed by atoms with van der Waals surface area (Å²) < 4.78 is 1.97. The predicted molar refractivity (Wildman–Crippen MR) is 145 cm³/mol. The van der Waals surface area contributed by atoms with Crippen LogP contribution in [0.1, 0.15) is 62.1 Å². The van der Waals surface area contributed by atoms with E-state index in [1.807, 2.05) is 22.7 Å². The van der Waals surface area contributed by atoms with Crippen LogP contribution in [-0.2, 0) is 29.0 Å². The van der Waals surface area contributed by atoms with Gasteiger partial charge in [-0.15, -0.1) is 11.3 Å². The van der Waals surface area contributed by atoms with E-state index in [-0.39, 0.29) is 6.47 Å². The third kappa shape index (κ3) is 8.47. The molecule has 0 amide bonds. The number of carboxylic acid groups (broad SMARTS) is 1. The maximum absolute atomic E-state index is 8.81. The van der Waals surface area contributed by atoms with E-state index in [4.69, 9.17) is 14.7 Å². The summed E-state index contributed by atoms with van der Waals surface area (Å²) in [5.41, 5.74) is 7.61. The lowest BCUT2D eigenvalue weighted by molar-refractivity contribution is -0.122. The first kappa shape index (κ1) is 29.2. The molecule has 7 heteroatoms. The molecule has 0 fully saturated rings. The third-order valence-corrected chi connectivity index (χ3v) is 7.34. The highest BCUT2D eigenvalue weighted by atomic mass is 32.1. The second-order valence-corrected chi connectivity index (χ2v) is 11.0. The molecule has 0 unspecified atom stereocenters. The number of aryl methyl sites for hydroxylation is 1. The van der Waals surface area contributed by atoms with E-state index in [1.165, 1.54) is 53.4 Å². The third-order valence-electron chi connectivity index (χ3n) is 5.78. The first-order valence-electron chi connectivity index (χ1n) is 11.4. The molecule has 1 N–H and O–H groups in total. The number of anilines is 1. The first-order valence-corrected chi connectivity index (χ1v) is 12.6. The van der Waals surface area contributed by atoms with Gasteiger partial charge in [-0.25, -0.2) is 0 Å². The molecule has 0 saturated carbocycles. The number of carbonyl (C=O) groups is 2. The van der Waals surface area contributed by atoms with Crippen molar-refractivity contribution in [2.75, 3.05) is 25.5 Å². The number of thiol groups is 1. The summed E-state index contributed by atoms with van der Waals surface area (Å²) in [6.45, 7) is 12.5. The minimum absolute atomic E-state index is 0.250. The van der Waals surface area contributed by atoms with Crippen molar-refractivity contribution >= 4 is 42.6 Å². The Morgan fingerprint density at radius 2 is 1.85 bits per heavy atom. The van der Waals surface area contributed by atoms with Gasteiger partial charge in [0.15, 0.2) is 0 Å². The fourth-order valence-electron chi connectivity index (χ4n) is 4.18. The normalized spacial score (nSPS) is 13.7. The molecular formula is C26H40N2O3S2. The van der Waals surface area contributed by atoms with Crippen molar-refractivity contribution < 1.29 is 14.7 Å². The van der Waals surface area contributed by atoms with Crippen LogP contribution >= 0.6 is 24.2 Å². The van der Waals surface area contributed by atoms with Crippen LogP contribution < -0.4 is 4.90 Å². The van der Waals surface area contributed by atoms with Gasteiger partial charge in [-0.3, -0.25) is 9.10 Å². The molecule has 0 bridgehead atoms. The van der Waals surface area contributed by atoms with E-state index >= 15 is 0 Å². The molecule has 33 heavy (non-hydrogen) atoms. The van der Waals surface area contributed by atoms with Crippen molar-refractivity contribution in [2.45, 2.75) is 66.8 Å². The topological polar surface area (TPSA) is 60.9 Å². The zero-order chi connectivity index (χ0) is 25.2. The zero-order valence-corrected chi connectivity index (χ0v) is 22.9. The Morgan fingerprint density at radius 1 is 1.24 bits per heavy atom. The summed E-state index contributed by atoms with van der Waals surface area (Å²) in [5, 5.41) is 6.89. The van der Waals surface area contributed by atoms with Gasteiger partial charge in [0, 0.05) is 35.6 Å². The molecule has 184 valence electrons. The largest absolute Gasteiger partial charge is 0.483 e. The van der Waals surface area contributed by atoms with Gasteiger partial charge in [0.05, 0.1) is 0 Å². The number of hydrogen-bond acceptors (Lipinski definition) is 6. The summed E-state index contributed by atoms with van der Waals surface area (Å²) in [4.78, 5) is 22.6. The van der Waals surface area contributed by atoms with Crippen molar-refractivity contribution in [3.05, 3.63) is 39.8 Å². The average molecular weight is 493 g/mol. The Kier molecular flexibility index (Phi) is 12.2. The second kappa shape index (κ2) is 13.8. The monoisotopic (exact) mass is 492 g/mol. The Bertz CT molecular complexity index is 901. The highest BCUT2D eigenvalue weighted by molar-refractivity contribution is 7.77. The molecule has 0 atom stereocenters. The lowest BCUT2D eigenvalue weighted by atomic mass is 9.76.